The van der Waals surface area contributed by atoms with Gasteiger partial charge in [-0.1, -0.05) is 31.7 Å². The molecule has 2 rings (SSSR count). The minimum atomic E-state index is -3.62. The van der Waals surface area contributed by atoms with E-state index in [1.54, 1.807) is 19.1 Å². The van der Waals surface area contributed by atoms with E-state index < -0.39 is 15.9 Å². The van der Waals surface area contributed by atoms with Crippen molar-refractivity contribution in [2.75, 3.05) is 19.0 Å². The van der Waals surface area contributed by atoms with Crippen LogP contribution in [0.5, 0.6) is 0 Å². The van der Waals surface area contributed by atoms with E-state index in [1.807, 2.05) is 0 Å². The predicted octanol–water partition coefficient (Wildman–Crippen LogP) is 2.36. The molecule has 0 heterocycles. The van der Waals surface area contributed by atoms with Crippen molar-refractivity contribution in [2.45, 2.75) is 50.3 Å². The highest BCUT2D eigenvalue weighted by Gasteiger charge is 2.18. The summed E-state index contributed by atoms with van der Waals surface area (Å²) in [6.07, 6.45) is 5.92. The van der Waals surface area contributed by atoms with Crippen LogP contribution in [-0.2, 0) is 24.3 Å². The predicted molar refractivity (Wildman–Crippen MR) is 98.2 cm³/mol. The summed E-state index contributed by atoms with van der Waals surface area (Å²) in [7, 11) is -2.29. The Morgan fingerprint density at radius 2 is 1.92 bits per heavy atom. The van der Waals surface area contributed by atoms with Crippen LogP contribution in [0.4, 0.5) is 5.69 Å². The van der Waals surface area contributed by atoms with Gasteiger partial charge in [0.2, 0.25) is 10.0 Å². The number of sulfonamides is 1. The Kier molecular flexibility index (Phi) is 7.16. The molecule has 7 nitrogen and oxygen atoms in total. The van der Waals surface area contributed by atoms with Crippen LogP contribution in [0.1, 0.15) is 44.1 Å². The van der Waals surface area contributed by atoms with Crippen molar-refractivity contribution in [3.05, 3.63) is 23.8 Å². The van der Waals surface area contributed by atoms with E-state index in [0.717, 1.165) is 6.42 Å². The van der Waals surface area contributed by atoms with Gasteiger partial charge in [-0.3, -0.25) is 9.59 Å². The van der Waals surface area contributed by atoms with Crippen LogP contribution in [0.25, 0.3) is 0 Å². The third-order valence-corrected chi connectivity index (χ3v) is 6.18. The maximum atomic E-state index is 12.0. The summed E-state index contributed by atoms with van der Waals surface area (Å²) in [6.45, 7) is 1.29. The highest BCUT2D eigenvalue weighted by molar-refractivity contribution is 7.89. The Morgan fingerprint density at radius 1 is 1.23 bits per heavy atom. The van der Waals surface area contributed by atoms with Gasteiger partial charge in [0.1, 0.15) is 0 Å². The second-order valence-corrected chi connectivity index (χ2v) is 8.44. The molecule has 0 unspecified atom stereocenters. The van der Waals surface area contributed by atoms with Crippen LogP contribution >= 0.6 is 0 Å². The number of amides is 1. The molecule has 26 heavy (non-hydrogen) atoms. The SMILES string of the molecule is CNS(=O)(=O)c1cc(NC(=O)COC(=O)CCC2CCCC2)ccc1C. The fraction of sp³-hybridized carbons (Fsp3) is 0.556. The number of rotatable bonds is 8. The van der Waals surface area contributed by atoms with Gasteiger partial charge >= 0.3 is 5.97 Å². The number of esters is 1. The van der Waals surface area contributed by atoms with Crippen molar-refractivity contribution in [3.8, 4) is 0 Å². The van der Waals surface area contributed by atoms with Crippen molar-refractivity contribution in [1.82, 2.24) is 4.72 Å². The monoisotopic (exact) mass is 382 g/mol. The molecule has 0 atom stereocenters. The van der Waals surface area contributed by atoms with Crippen LogP contribution in [0.3, 0.4) is 0 Å². The van der Waals surface area contributed by atoms with Crippen molar-refractivity contribution < 1.29 is 22.7 Å². The number of nitrogens with one attached hydrogen (secondary N) is 2. The second kappa shape index (κ2) is 9.14. The molecule has 0 spiro atoms. The second-order valence-electron chi connectivity index (χ2n) is 6.59. The number of carbonyl (C=O) groups is 2. The van der Waals surface area contributed by atoms with E-state index in [2.05, 4.69) is 10.0 Å². The quantitative estimate of drug-likeness (QED) is 0.672. The summed E-state index contributed by atoms with van der Waals surface area (Å²) in [5.41, 5.74) is 0.895. The summed E-state index contributed by atoms with van der Waals surface area (Å²) in [6, 6.07) is 4.58. The molecular weight excluding hydrogens is 356 g/mol. The first-order chi connectivity index (χ1) is 12.3. The molecule has 0 bridgehead atoms. The molecule has 1 aromatic carbocycles. The van der Waals surface area contributed by atoms with Crippen molar-refractivity contribution in [2.24, 2.45) is 5.92 Å². The normalized spacial score (nSPS) is 15.0. The van der Waals surface area contributed by atoms with Gasteiger partial charge in [0.05, 0.1) is 4.90 Å². The van der Waals surface area contributed by atoms with E-state index in [9.17, 15) is 18.0 Å². The molecule has 0 aliphatic heterocycles. The number of ether oxygens (including phenoxy) is 1. The van der Waals surface area contributed by atoms with Crippen LogP contribution in [0.2, 0.25) is 0 Å². The average molecular weight is 382 g/mol. The van der Waals surface area contributed by atoms with Crippen molar-refractivity contribution in [1.29, 1.82) is 0 Å². The van der Waals surface area contributed by atoms with E-state index >= 15 is 0 Å². The van der Waals surface area contributed by atoms with Gasteiger partial charge in [0.15, 0.2) is 6.61 Å². The Balaban J connectivity index is 1.83. The van der Waals surface area contributed by atoms with Crippen LogP contribution < -0.4 is 10.0 Å². The zero-order valence-corrected chi connectivity index (χ0v) is 16.0. The fourth-order valence-corrected chi connectivity index (χ4v) is 4.11. The molecule has 1 amide bonds. The zero-order valence-electron chi connectivity index (χ0n) is 15.2. The van der Waals surface area contributed by atoms with Crippen LogP contribution in [0, 0.1) is 12.8 Å². The molecule has 1 aromatic rings. The summed E-state index contributed by atoms with van der Waals surface area (Å²) in [5, 5.41) is 2.55. The zero-order chi connectivity index (χ0) is 19.2. The Morgan fingerprint density at radius 3 is 2.58 bits per heavy atom. The lowest BCUT2D eigenvalue weighted by atomic mass is 10.0. The number of aryl methyl sites for hydroxylation is 1. The van der Waals surface area contributed by atoms with Gasteiger partial charge in [-0.2, -0.15) is 0 Å². The summed E-state index contributed by atoms with van der Waals surface area (Å²) >= 11 is 0. The molecule has 1 aliphatic carbocycles. The van der Waals surface area contributed by atoms with E-state index in [0.29, 0.717) is 23.6 Å². The van der Waals surface area contributed by atoms with E-state index in [-0.39, 0.29) is 17.5 Å². The van der Waals surface area contributed by atoms with Gasteiger partial charge < -0.3 is 10.1 Å². The third-order valence-electron chi connectivity index (χ3n) is 4.63. The Hall–Kier alpha value is -1.93. The van der Waals surface area contributed by atoms with Crippen LogP contribution in [0.15, 0.2) is 23.1 Å². The largest absolute Gasteiger partial charge is 0.456 e. The molecule has 1 saturated carbocycles. The minimum absolute atomic E-state index is 0.0892. The Labute approximate surface area is 154 Å². The number of benzene rings is 1. The van der Waals surface area contributed by atoms with Gasteiger partial charge in [0.25, 0.3) is 5.91 Å². The Bertz CT molecular complexity index is 755. The molecule has 144 valence electrons. The van der Waals surface area contributed by atoms with E-state index in [4.69, 9.17) is 4.74 Å². The highest BCUT2D eigenvalue weighted by atomic mass is 32.2. The van der Waals surface area contributed by atoms with Crippen molar-refractivity contribution >= 4 is 27.6 Å². The molecule has 1 fully saturated rings. The van der Waals surface area contributed by atoms with Gasteiger partial charge in [-0.15, -0.1) is 0 Å². The number of anilines is 1. The topological polar surface area (TPSA) is 102 Å². The van der Waals surface area contributed by atoms with Gasteiger partial charge in [-0.05, 0) is 44.0 Å². The van der Waals surface area contributed by atoms with Crippen molar-refractivity contribution in [3.63, 3.8) is 0 Å². The lowest BCUT2D eigenvalue weighted by molar-refractivity contribution is -0.147. The lowest BCUT2D eigenvalue weighted by Gasteiger charge is -2.11. The highest BCUT2D eigenvalue weighted by Crippen LogP contribution is 2.28. The maximum absolute atomic E-state index is 12.0. The number of hydrogen-bond donors (Lipinski definition) is 2. The minimum Gasteiger partial charge on any atom is -0.456 e. The molecule has 0 saturated heterocycles. The summed E-state index contributed by atoms with van der Waals surface area (Å²) in [4.78, 5) is 23.8. The number of hydrogen-bond acceptors (Lipinski definition) is 5. The number of carbonyl (C=O) groups excluding carboxylic acids is 2. The first-order valence-corrected chi connectivity index (χ1v) is 10.3. The summed E-state index contributed by atoms with van der Waals surface area (Å²) in [5.74, 6) is -0.290. The molecule has 2 N–H and O–H groups in total. The first-order valence-electron chi connectivity index (χ1n) is 8.81. The standard InChI is InChI=1S/C18H26N2O5S/c1-13-7-9-15(11-16(13)26(23,24)19-2)20-17(21)12-25-18(22)10-8-14-5-3-4-6-14/h7,9,11,14,19H,3-6,8,10,12H2,1-2H3,(H,20,21). The third kappa shape index (κ3) is 5.81. The lowest BCUT2D eigenvalue weighted by Crippen LogP contribution is -2.22. The average Bonchev–Trinajstić information content (AvgIpc) is 3.13. The molecule has 0 aromatic heterocycles. The molecular formula is C18H26N2O5S. The molecule has 0 radical (unpaired) electrons. The molecule has 8 heteroatoms. The first kappa shape index (κ1) is 20.4. The van der Waals surface area contributed by atoms with Crippen LogP contribution in [-0.4, -0.2) is 33.9 Å². The smallest absolute Gasteiger partial charge is 0.306 e. The van der Waals surface area contributed by atoms with E-state index in [1.165, 1.54) is 38.8 Å². The molecule has 1 aliphatic rings. The summed E-state index contributed by atoms with van der Waals surface area (Å²) < 4.78 is 31.2. The van der Waals surface area contributed by atoms with Gasteiger partial charge in [0, 0.05) is 12.1 Å². The fourth-order valence-electron chi connectivity index (χ4n) is 3.11. The maximum Gasteiger partial charge on any atom is 0.306 e. The van der Waals surface area contributed by atoms with Gasteiger partial charge in [-0.25, -0.2) is 13.1 Å².